The number of nitrogens with one attached hydrogen (secondary N) is 1. The Bertz CT molecular complexity index is 828. The lowest BCUT2D eigenvalue weighted by Gasteiger charge is -2.22. The van der Waals surface area contributed by atoms with E-state index < -0.39 is 5.91 Å². The predicted molar refractivity (Wildman–Crippen MR) is 102 cm³/mol. The molecule has 2 rings (SSSR count). The molecule has 6 nitrogen and oxygen atoms in total. The van der Waals surface area contributed by atoms with E-state index in [2.05, 4.69) is 5.32 Å². The normalized spacial score (nSPS) is 10.4. The number of nitrogens with two attached hydrogens (primary N) is 1. The number of likely N-dealkylation sites (N-methyl/N-ethyl adjacent to an activating group) is 1. The molecule has 0 aromatic heterocycles. The summed E-state index contributed by atoms with van der Waals surface area (Å²) in [6, 6.07) is 8.70. The number of benzene rings is 2. The van der Waals surface area contributed by atoms with E-state index in [1.807, 2.05) is 0 Å². The lowest BCUT2D eigenvalue weighted by molar-refractivity contribution is -0.121. The van der Waals surface area contributed by atoms with E-state index in [4.69, 9.17) is 22.1 Å². The first-order valence-electron chi connectivity index (χ1n) is 8.29. The number of ether oxygens (including phenoxy) is 1. The first-order chi connectivity index (χ1) is 12.8. The largest absolute Gasteiger partial charge is 0.496 e. The number of carbonyl (C=O) groups excluding carboxylic acids is 2. The molecule has 2 aromatic carbocycles. The zero-order valence-electron chi connectivity index (χ0n) is 15.1. The zero-order chi connectivity index (χ0) is 20.0. The van der Waals surface area contributed by atoms with E-state index in [-0.39, 0.29) is 41.1 Å². The molecule has 144 valence electrons. The smallest absolute Gasteiger partial charge is 0.258 e. The molecule has 8 heteroatoms. The van der Waals surface area contributed by atoms with Gasteiger partial charge in [-0.05, 0) is 30.7 Å². The van der Waals surface area contributed by atoms with Crippen LogP contribution in [0.25, 0.3) is 0 Å². The number of nitrogens with zero attached hydrogens (tertiary/aromatic N) is 1. The summed E-state index contributed by atoms with van der Waals surface area (Å²) >= 11 is 6.01. The van der Waals surface area contributed by atoms with Crippen LogP contribution in [0.1, 0.15) is 22.8 Å². The number of methoxy groups -OCH3 is 1. The quantitative estimate of drug-likeness (QED) is 0.708. The van der Waals surface area contributed by atoms with Crippen molar-refractivity contribution in [1.82, 2.24) is 10.2 Å². The molecule has 3 N–H and O–H groups in total. The SMILES string of the molecule is CCN(CC(=O)NCc1ccc(F)cc1)C(=O)c1cc(Cl)c(N)cc1OC. The van der Waals surface area contributed by atoms with E-state index in [1.165, 1.54) is 36.3 Å². The van der Waals surface area contributed by atoms with Gasteiger partial charge in [-0.2, -0.15) is 0 Å². The van der Waals surface area contributed by atoms with Crippen molar-refractivity contribution in [2.45, 2.75) is 13.5 Å². The molecular weight excluding hydrogens is 373 g/mol. The maximum absolute atomic E-state index is 12.9. The Balaban J connectivity index is 2.05. The van der Waals surface area contributed by atoms with Crippen LogP contribution in [0, 0.1) is 5.82 Å². The summed E-state index contributed by atoms with van der Waals surface area (Å²) in [7, 11) is 1.42. The van der Waals surface area contributed by atoms with Crippen LogP contribution in [0.3, 0.4) is 0 Å². The Morgan fingerprint density at radius 3 is 2.52 bits per heavy atom. The number of halogens is 2. The second-order valence-corrected chi connectivity index (χ2v) is 6.20. The monoisotopic (exact) mass is 393 g/mol. The van der Waals surface area contributed by atoms with Gasteiger partial charge in [-0.25, -0.2) is 4.39 Å². The number of carbonyl (C=O) groups is 2. The predicted octanol–water partition coefficient (Wildman–Crippen LogP) is 2.85. The van der Waals surface area contributed by atoms with E-state index in [0.29, 0.717) is 12.2 Å². The van der Waals surface area contributed by atoms with Crippen LogP contribution in [-0.4, -0.2) is 36.9 Å². The molecule has 0 spiro atoms. The van der Waals surface area contributed by atoms with Crippen molar-refractivity contribution in [3.63, 3.8) is 0 Å². The first kappa shape index (κ1) is 20.5. The van der Waals surface area contributed by atoms with Crippen molar-refractivity contribution in [3.05, 3.63) is 58.4 Å². The molecule has 0 aliphatic heterocycles. The van der Waals surface area contributed by atoms with Gasteiger partial charge in [0, 0.05) is 19.2 Å². The average Bonchev–Trinajstić information content (AvgIpc) is 2.66. The molecule has 2 amide bonds. The van der Waals surface area contributed by atoms with Crippen LogP contribution in [0.4, 0.5) is 10.1 Å². The lowest BCUT2D eigenvalue weighted by Crippen LogP contribution is -2.40. The number of hydrogen-bond donors (Lipinski definition) is 2. The van der Waals surface area contributed by atoms with Gasteiger partial charge in [0.15, 0.2) is 0 Å². The zero-order valence-corrected chi connectivity index (χ0v) is 15.8. The molecular formula is C19H21ClFN3O3. The summed E-state index contributed by atoms with van der Waals surface area (Å²) in [4.78, 5) is 26.4. The lowest BCUT2D eigenvalue weighted by atomic mass is 10.1. The molecule has 27 heavy (non-hydrogen) atoms. The van der Waals surface area contributed by atoms with Crippen LogP contribution in [0.5, 0.6) is 5.75 Å². The van der Waals surface area contributed by atoms with Crippen LogP contribution in [-0.2, 0) is 11.3 Å². The van der Waals surface area contributed by atoms with Crippen molar-refractivity contribution in [2.24, 2.45) is 0 Å². The van der Waals surface area contributed by atoms with E-state index in [0.717, 1.165) is 5.56 Å². The maximum Gasteiger partial charge on any atom is 0.258 e. The first-order valence-corrected chi connectivity index (χ1v) is 8.67. The molecule has 0 saturated heterocycles. The fraction of sp³-hybridized carbons (Fsp3) is 0.263. The van der Waals surface area contributed by atoms with Crippen LogP contribution < -0.4 is 15.8 Å². The number of amides is 2. The highest BCUT2D eigenvalue weighted by Gasteiger charge is 2.22. The highest BCUT2D eigenvalue weighted by Crippen LogP contribution is 2.29. The van der Waals surface area contributed by atoms with Crippen LogP contribution in [0.15, 0.2) is 36.4 Å². The Labute approximate surface area is 162 Å². The van der Waals surface area contributed by atoms with Crippen LogP contribution in [0.2, 0.25) is 5.02 Å². The van der Waals surface area contributed by atoms with E-state index in [1.54, 1.807) is 19.1 Å². The topological polar surface area (TPSA) is 84.7 Å². The summed E-state index contributed by atoms with van der Waals surface area (Å²) in [5, 5.41) is 2.94. The van der Waals surface area contributed by atoms with Crippen molar-refractivity contribution < 1.29 is 18.7 Å². The summed E-state index contributed by atoms with van der Waals surface area (Å²) in [5.74, 6) is -0.792. The fourth-order valence-corrected chi connectivity index (χ4v) is 2.60. The van der Waals surface area contributed by atoms with Gasteiger partial charge >= 0.3 is 0 Å². The molecule has 0 atom stereocenters. The molecule has 0 saturated carbocycles. The average molecular weight is 394 g/mol. The minimum atomic E-state index is -0.395. The van der Waals surface area contributed by atoms with Gasteiger partial charge in [0.25, 0.3) is 5.91 Å². The Kier molecular flexibility index (Phi) is 7.01. The highest BCUT2D eigenvalue weighted by atomic mass is 35.5. The molecule has 0 unspecified atom stereocenters. The second kappa shape index (κ2) is 9.23. The maximum atomic E-state index is 12.9. The summed E-state index contributed by atoms with van der Waals surface area (Å²) < 4.78 is 18.1. The standard InChI is InChI=1S/C19H21ClFN3O3/c1-3-24(11-18(25)23-10-12-4-6-13(21)7-5-12)19(26)14-8-15(20)16(22)9-17(14)27-2/h4-9H,3,10-11,22H2,1-2H3,(H,23,25). The van der Waals surface area contributed by atoms with Gasteiger partial charge in [0.05, 0.1) is 29.9 Å². The Hall–Kier alpha value is -2.80. The third kappa shape index (κ3) is 5.34. The van der Waals surface area contributed by atoms with Crippen molar-refractivity contribution >= 4 is 29.1 Å². The van der Waals surface area contributed by atoms with Crippen molar-refractivity contribution in [2.75, 3.05) is 25.9 Å². The minimum Gasteiger partial charge on any atom is -0.496 e. The Morgan fingerprint density at radius 2 is 1.93 bits per heavy atom. The number of anilines is 1. The summed E-state index contributed by atoms with van der Waals surface area (Å²) in [6.45, 7) is 2.17. The fourth-order valence-electron chi connectivity index (χ4n) is 2.43. The molecule has 0 heterocycles. The van der Waals surface area contributed by atoms with Crippen LogP contribution >= 0.6 is 11.6 Å². The third-order valence-electron chi connectivity index (χ3n) is 3.96. The minimum absolute atomic E-state index is 0.137. The van der Waals surface area contributed by atoms with Gasteiger partial charge < -0.3 is 20.7 Å². The van der Waals surface area contributed by atoms with Crippen molar-refractivity contribution in [3.8, 4) is 5.75 Å². The highest BCUT2D eigenvalue weighted by molar-refractivity contribution is 6.33. The number of nitrogen functional groups attached to an aromatic ring is 1. The second-order valence-electron chi connectivity index (χ2n) is 5.80. The van der Waals surface area contributed by atoms with Gasteiger partial charge in [-0.15, -0.1) is 0 Å². The molecule has 0 aliphatic carbocycles. The summed E-state index contributed by atoms with van der Waals surface area (Å²) in [6.07, 6.45) is 0. The molecule has 0 radical (unpaired) electrons. The van der Waals surface area contributed by atoms with Gasteiger partial charge in [-0.1, -0.05) is 23.7 Å². The van der Waals surface area contributed by atoms with Crippen molar-refractivity contribution in [1.29, 1.82) is 0 Å². The molecule has 0 aliphatic rings. The molecule has 0 bridgehead atoms. The molecule has 2 aromatic rings. The van der Waals surface area contributed by atoms with Gasteiger partial charge in [-0.3, -0.25) is 9.59 Å². The van der Waals surface area contributed by atoms with E-state index >= 15 is 0 Å². The third-order valence-corrected chi connectivity index (χ3v) is 4.28. The number of rotatable bonds is 7. The van der Waals surface area contributed by atoms with Gasteiger partial charge in [0.2, 0.25) is 5.91 Å². The number of hydrogen-bond acceptors (Lipinski definition) is 4. The van der Waals surface area contributed by atoms with Gasteiger partial charge in [0.1, 0.15) is 11.6 Å². The Morgan fingerprint density at radius 1 is 1.26 bits per heavy atom. The summed E-state index contributed by atoms with van der Waals surface area (Å²) in [5.41, 5.74) is 7.01. The van der Waals surface area contributed by atoms with E-state index in [9.17, 15) is 14.0 Å². The molecule has 0 fully saturated rings.